The lowest BCUT2D eigenvalue weighted by Crippen LogP contribution is -2.22. The second-order valence-corrected chi connectivity index (χ2v) is 8.29. The Balaban J connectivity index is 1.83. The minimum absolute atomic E-state index is 0.117. The molecular formula is C25H28N2O. The zero-order valence-electron chi connectivity index (χ0n) is 16.9. The van der Waals surface area contributed by atoms with Crippen molar-refractivity contribution in [3.05, 3.63) is 77.5 Å². The lowest BCUT2D eigenvalue weighted by atomic mass is 9.75. The van der Waals surface area contributed by atoms with Crippen molar-refractivity contribution in [2.45, 2.75) is 52.0 Å². The lowest BCUT2D eigenvalue weighted by Gasteiger charge is -2.31. The highest BCUT2D eigenvalue weighted by Gasteiger charge is 2.34. The van der Waals surface area contributed by atoms with Crippen molar-refractivity contribution in [1.82, 2.24) is 9.78 Å². The summed E-state index contributed by atoms with van der Waals surface area (Å²) in [4.78, 5) is 12.9. The molecule has 3 nitrogen and oxygen atoms in total. The van der Waals surface area contributed by atoms with Crippen LogP contribution in [0.25, 0.3) is 11.3 Å². The van der Waals surface area contributed by atoms with E-state index in [9.17, 15) is 4.79 Å². The lowest BCUT2D eigenvalue weighted by molar-refractivity contribution is 0.0965. The first-order chi connectivity index (χ1) is 13.6. The van der Waals surface area contributed by atoms with Gasteiger partial charge in [-0.3, -0.25) is 9.48 Å². The van der Waals surface area contributed by atoms with Gasteiger partial charge in [-0.2, -0.15) is 5.10 Å². The molecule has 0 amide bonds. The van der Waals surface area contributed by atoms with E-state index in [-0.39, 0.29) is 5.78 Å². The molecule has 1 aliphatic carbocycles. The van der Waals surface area contributed by atoms with Crippen molar-refractivity contribution in [2.75, 3.05) is 0 Å². The number of rotatable bonds is 5. The summed E-state index contributed by atoms with van der Waals surface area (Å²) in [5.41, 5.74) is 5.56. The van der Waals surface area contributed by atoms with Crippen LogP contribution < -0.4 is 0 Å². The van der Waals surface area contributed by atoms with Gasteiger partial charge >= 0.3 is 0 Å². The average Bonchev–Trinajstić information content (AvgIpc) is 3.09. The quantitative estimate of drug-likeness (QED) is 0.509. The zero-order chi connectivity index (χ0) is 19.7. The van der Waals surface area contributed by atoms with E-state index in [1.54, 1.807) is 0 Å². The minimum Gasteiger partial charge on any atom is -0.292 e. The molecule has 0 saturated carbocycles. The summed E-state index contributed by atoms with van der Waals surface area (Å²) in [6.45, 7) is 7.16. The van der Waals surface area contributed by atoms with Crippen molar-refractivity contribution in [2.24, 2.45) is 5.92 Å². The molecule has 0 fully saturated rings. The van der Waals surface area contributed by atoms with Crippen LogP contribution in [0.3, 0.4) is 0 Å². The third-order valence-corrected chi connectivity index (χ3v) is 6.03. The summed E-state index contributed by atoms with van der Waals surface area (Å²) in [7, 11) is 0. The van der Waals surface area contributed by atoms with Crippen LogP contribution in [0.15, 0.2) is 60.7 Å². The van der Waals surface area contributed by atoms with Crippen LogP contribution in [-0.4, -0.2) is 15.6 Å². The first-order valence-corrected chi connectivity index (χ1v) is 10.3. The molecule has 28 heavy (non-hydrogen) atoms. The van der Waals surface area contributed by atoms with Crippen LogP contribution in [0.5, 0.6) is 0 Å². The van der Waals surface area contributed by atoms with Gasteiger partial charge in [0.05, 0.1) is 5.69 Å². The van der Waals surface area contributed by atoms with Gasteiger partial charge in [0.2, 0.25) is 0 Å². The molecule has 4 rings (SSSR count). The topological polar surface area (TPSA) is 34.9 Å². The Labute approximate surface area is 167 Å². The van der Waals surface area contributed by atoms with Gasteiger partial charge < -0.3 is 0 Å². The number of fused-ring (bicyclic) bond motifs is 1. The van der Waals surface area contributed by atoms with E-state index in [1.165, 1.54) is 17.7 Å². The van der Waals surface area contributed by atoms with Gasteiger partial charge in [-0.1, -0.05) is 81.4 Å². The number of aromatic nitrogens is 2. The Bertz CT molecular complexity index is 957. The van der Waals surface area contributed by atoms with Gasteiger partial charge in [0.1, 0.15) is 6.54 Å². The van der Waals surface area contributed by atoms with E-state index in [0.29, 0.717) is 24.3 Å². The molecule has 1 heterocycles. The molecule has 0 unspecified atom stereocenters. The molecule has 2 atom stereocenters. The number of ketones is 1. The van der Waals surface area contributed by atoms with Crippen molar-refractivity contribution < 1.29 is 4.79 Å². The number of nitrogens with zero attached hydrogens (tertiary/aromatic N) is 2. The predicted octanol–water partition coefficient (Wildman–Crippen LogP) is 6.07. The van der Waals surface area contributed by atoms with Gasteiger partial charge in [-0.25, -0.2) is 0 Å². The Hall–Kier alpha value is -2.68. The van der Waals surface area contributed by atoms with E-state index in [2.05, 4.69) is 45.0 Å². The van der Waals surface area contributed by atoms with E-state index in [1.807, 2.05) is 41.1 Å². The number of carbonyl (C=O) groups excluding carboxylic acids is 1. The molecular weight excluding hydrogens is 344 g/mol. The molecule has 1 aliphatic rings. The van der Waals surface area contributed by atoms with Crippen LogP contribution in [0.1, 0.15) is 67.1 Å². The van der Waals surface area contributed by atoms with Crippen LogP contribution in [0, 0.1) is 5.92 Å². The number of hydrogen-bond acceptors (Lipinski definition) is 2. The summed E-state index contributed by atoms with van der Waals surface area (Å²) < 4.78 is 2.01. The molecule has 0 radical (unpaired) electrons. The second kappa shape index (κ2) is 7.75. The summed E-state index contributed by atoms with van der Waals surface area (Å²) in [6.07, 6.45) is 2.33. The molecule has 144 valence electrons. The third kappa shape index (κ3) is 3.42. The highest BCUT2D eigenvalue weighted by atomic mass is 16.1. The van der Waals surface area contributed by atoms with Crippen molar-refractivity contribution in [3.63, 3.8) is 0 Å². The van der Waals surface area contributed by atoms with Crippen molar-refractivity contribution in [3.8, 4) is 11.3 Å². The normalized spacial score (nSPS) is 18.9. The summed E-state index contributed by atoms with van der Waals surface area (Å²) in [5, 5.41) is 5.01. The van der Waals surface area contributed by atoms with Gasteiger partial charge in [-0.05, 0) is 24.7 Å². The van der Waals surface area contributed by atoms with Crippen LogP contribution >= 0.6 is 0 Å². The molecule has 3 heteroatoms. The summed E-state index contributed by atoms with van der Waals surface area (Å²) >= 11 is 0. The van der Waals surface area contributed by atoms with E-state index in [4.69, 9.17) is 5.10 Å². The Morgan fingerprint density at radius 2 is 1.68 bits per heavy atom. The molecule has 3 aromatic rings. The zero-order valence-corrected chi connectivity index (χ0v) is 16.9. The molecule has 2 aromatic carbocycles. The van der Waals surface area contributed by atoms with Crippen LogP contribution in [-0.2, 0) is 6.54 Å². The highest BCUT2D eigenvalue weighted by Crippen LogP contribution is 2.46. The first-order valence-electron chi connectivity index (χ1n) is 10.3. The fourth-order valence-corrected chi connectivity index (χ4v) is 4.51. The number of carbonyl (C=O) groups is 1. The maximum atomic E-state index is 12.9. The van der Waals surface area contributed by atoms with Gasteiger partial charge in [0.25, 0.3) is 0 Å². The third-order valence-electron chi connectivity index (χ3n) is 6.03. The van der Waals surface area contributed by atoms with Crippen LogP contribution in [0.4, 0.5) is 0 Å². The number of benzene rings is 2. The second-order valence-electron chi connectivity index (χ2n) is 8.29. The molecule has 0 spiro atoms. The van der Waals surface area contributed by atoms with Crippen LogP contribution in [0.2, 0.25) is 0 Å². The predicted molar refractivity (Wildman–Crippen MR) is 114 cm³/mol. The minimum atomic E-state index is 0.117. The standard InChI is InChI=1S/C25H28N2O/c1-17(2)21-15-14-18(3)23-24(20-12-8-5-9-13-20)26-27(25(21)23)16-22(28)19-10-6-4-7-11-19/h4-13,17-18,21H,14-16H2,1-3H3/t18-,21+/m1/s1. The molecule has 0 N–H and O–H groups in total. The SMILES string of the molecule is CC(C)[C@@H]1CC[C@@H](C)c2c(-c3ccccc3)nn(CC(=O)c3ccccc3)c21. The fraction of sp³-hybridized carbons (Fsp3) is 0.360. The molecule has 0 saturated heterocycles. The van der Waals surface area contributed by atoms with Crippen molar-refractivity contribution in [1.29, 1.82) is 0 Å². The van der Waals surface area contributed by atoms with E-state index < -0.39 is 0 Å². The van der Waals surface area contributed by atoms with E-state index >= 15 is 0 Å². The Kier molecular flexibility index (Phi) is 5.17. The highest BCUT2D eigenvalue weighted by molar-refractivity contribution is 5.95. The number of Topliss-reactive ketones (excluding diaryl/α,β-unsaturated/α-hetero) is 1. The maximum absolute atomic E-state index is 12.9. The Morgan fingerprint density at radius 1 is 1.04 bits per heavy atom. The number of hydrogen-bond donors (Lipinski definition) is 0. The molecule has 0 aliphatic heterocycles. The monoisotopic (exact) mass is 372 g/mol. The Morgan fingerprint density at radius 3 is 2.32 bits per heavy atom. The first kappa shape index (κ1) is 18.7. The van der Waals surface area contributed by atoms with Crippen molar-refractivity contribution >= 4 is 5.78 Å². The summed E-state index contributed by atoms with van der Waals surface area (Å²) in [6, 6.07) is 19.9. The fourth-order valence-electron chi connectivity index (χ4n) is 4.51. The molecule has 1 aromatic heterocycles. The largest absolute Gasteiger partial charge is 0.292 e. The van der Waals surface area contributed by atoms with Gasteiger partial charge in [0, 0.05) is 28.3 Å². The average molecular weight is 373 g/mol. The maximum Gasteiger partial charge on any atom is 0.184 e. The van der Waals surface area contributed by atoms with Gasteiger partial charge in [-0.15, -0.1) is 0 Å². The smallest absolute Gasteiger partial charge is 0.184 e. The van der Waals surface area contributed by atoms with Gasteiger partial charge in [0.15, 0.2) is 5.78 Å². The molecule has 0 bridgehead atoms. The summed E-state index contributed by atoms with van der Waals surface area (Å²) in [5.74, 6) is 1.55. The van der Waals surface area contributed by atoms with E-state index in [0.717, 1.165) is 23.2 Å².